The first-order valence-corrected chi connectivity index (χ1v) is 17.7. The van der Waals surface area contributed by atoms with E-state index < -0.39 is 0 Å². The molecule has 0 aromatic heterocycles. The first kappa shape index (κ1) is 38.0. The van der Waals surface area contributed by atoms with Gasteiger partial charge < -0.3 is 16.2 Å². The van der Waals surface area contributed by atoms with E-state index in [1.165, 1.54) is 46.5 Å². The van der Waals surface area contributed by atoms with Crippen molar-refractivity contribution in [2.75, 3.05) is 18.6 Å². The zero-order chi connectivity index (χ0) is 37.2. The topological polar surface area (TPSA) is 109 Å². The lowest BCUT2D eigenvalue weighted by atomic mass is 9.70. The third-order valence-electron chi connectivity index (χ3n) is 9.53. The van der Waals surface area contributed by atoms with Crippen LogP contribution in [-0.2, 0) is 4.74 Å². The molecule has 1 atom stereocenters. The van der Waals surface area contributed by atoms with Crippen molar-refractivity contribution in [1.82, 2.24) is 0 Å². The SMILES string of the molecule is C=C1C(c2ccc(N)c3cc4ccccc4cc23)=C(OC)C1c1ccc(N)c2cc3ccccc3cc12.CCC(C)C.CCC(C)C.N#CC#N. The van der Waals surface area contributed by atoms with Gasteiger partial charge in [0, 0.05) is 27.7 Å². The van der Waals surface area contributed by atoms with Crippen molar-refractivity contribution in [3.05, 3.63) is 126 Å². The van der Waals surface area contributed by atoms with E-state index in [1.54, 1.807) is 7.11 Å². The Hall–Kier alpha value is -5.78. The lowest BCUT2D eigenvalue weighted by Crippen LogP contribution is -2.21. The Bertz CT molecular complexity index is 2280. The van der Waals surface area contributed by atoms with Gasteiger partial charge in [0.15, 0.2) is 12.1 Å². The van der Waals surface area contributed by atoms with Gasteiger partial charge >= 0.3 is 0 Å². The van der Waals surface area contributed by atoms with E-state index >= 15 is 0 Å². The number of nitrogen functional groups attached to an aromatic ring is 2. The molecule has 0 bridgehead atoms. The van der Waals surface area contributed by atoms with Crippen LogP contribution in [0.4, 0.5) is 11.4 Å². The number of nitrogens with two attached hydrogens (primary N) is 2. The van der Waals surface area contributed by atoms with E-state index in [0.29, 0.717) is 0 Å². The third kappa shape index (κ3) is 8.34. The largest absolute Gasteiger partial charge is 0.499 e. The van der Waals surface area contributed by atoms with Gasteiger partial charge in [0.2, 0.25) is 0 Å². The second-order valence-electron chi connectivity index (χ2n) is 13.7. The maximum atomic E-state index is 7.26. The maximum absolute atomic E-state index is 7.26. The third-order valence-corrected chi connectivity index (χ3v) is 9.53. The summed E-state index contributed by atoms with van der Waals surface area (Å²) in [6, 6.07) is 36.2. The van der Waals surface area contributed by atoms with Gasteiger partial charge in [0.05, 0.1) is 13.0 Å². The zero-order valence-electron chi connectivity index (χ0n) is 31.0. The Labute approximate surface area is 303 Å². The van der Waals surface area contributed by atoms with Crippen LogP contribution < -0.4 is 11.5 Å². The second kappa shape index (κ2) is 17.2. The van der Waals surface area contributed by atoms with Crippen molar-refractivity contribution >= 4 is 60.0 Å². The summed E-state index contributed by atoms with van der Waals surface area (Å²) in [5.74, 6) is 2.64. The van der Waals surface area contributed by atoms with E-state index in [0.717, 1.165) is 72.8 Å². The molecular formula is C46H50N4O. The van der Waals surface area contributed by atoms with Crippen molar-refractivity contribution in [3.8, 4) is 12.1 Å². The summed E-state index contributed by atoms with van der Waals surface area (Å²) in [5, 5.41) is 23.6. The highest BCUT2D eigenvalue weighted by Crippen LogP contribution is 2.54. The van der Waals surface area contributed by atoms with Gasteiger partial charge in [-0.2, -0.15) is 10.5 Å². The van der Waals surface area contributed by atoms with Crippen LogP contribution in [0.15, 0.2) is 115 Å². The van der Waals surface area contributed by atoms with Gasteiger partial charge in [-0.3, -0.25) is 0 Å². The molecule has 1 aliphatic carbocycles. The smallest absolute Gasteiger partial charge is 0.181 e. The summed E-state index contributed by atoms with van der Waals surface area (Å²) >= 11 is 0. The highest BCUT2D eigenvalue weighted by Gasteiger charge is 2.38. The number of methoxy groups -OCH3 is 1. The van der Waals surface area contributed by atoms with Gasteiger partial charge in [-0.1, -0.05) is 122 Å². The van der Waals surface area contributed by atoms with E-state index in [2.05, 4.69) is 133 Å². The van der Waals surface area contributed by atoms with Crippen LogP contribution >= 0.6 is 0 Å². The Balaban J connectivity index is 0.000000357. The van der Waals surface area contributed by atoms with Crippen LogP contribution in [-0.4, -0.2) is 7.11 Å². The molecule has 0 heterocycles. The molecule has 1 unspecified atom stereocenters. The Morgan fingerprint density at radius 1 is 0.647 bits per heavy atom. The van der Waals surface area contributed by atoms with Crippen LogP contribution in [0.5, 0.6) is 0 Å². The number of fused-ring (bicyclic) bond motifs is 4. The predicted octanol–water partition coefficient (Wildman–Crippen LogP) is 12.3. The molecule has 0 saturated carbocycles. The summed E-state index contributed by atoms with van der Waals surface area (Å²) < 4.78 is 6.08. The lowest BCUT2D eigenvalue weighted by molar-refractivity contribution is 0.265. The molecule has 5 nitrogen and oxygen atoms in total. The van der Waals surface area contributed by atoms with Crippen molar-refractivity contribution in [2.45, 2.75) is 60.3 Å². The number of benzene rings is 6. The number of rotatable bonds is 5. The zero-order valence-corrected chi connectivity index (χ0v) is 31.0. The van der Waals surface area contributed by atoms with Crippen LogP contribution in [0.3, 0.4) is 0 Å². The van der Waals surface area contributed by atoms with Crippen molar-refractivity contribution in [3.63, 3.8) is 0 Å². The summed E-state index contributed by atoms with van der Waals surface area (Å²) in [7, 11) is 1.75. The summed E-state index contributed by atoms with van der Waals surface area (Å²) in [4.78, 5) is 0. The van der Waals surface area contributed by atoms with Gasteiger partial charge in [-0.05, 0) is 97.3 Å². The lowest BCUT2D eigenvalue weighted by Gasteiger charge is -2.36. The molecule has 1 aliphatic rings. The van der Waals surface area contributed by atoms with Gasteiger partial charge in [0.1, 0.15) is 5.76 Å². The minimum Gasteiger partial charge on any atom is -0.499 e. The second-order valence-corrected chi connectivity index (χ2v) is 13.7. The molecule has 0 amide bonds. The van der Waals surface area contributed by atoms with Gasteiger partial charge in [-0.25, -0.2) is 0 Å². The molecule has 260 valence electrons. The molecule has 6 aromatic rings. The molecular weight excluding hydrogens is 625 g/mol. The number of allylic oxidation sites excluding steroid dienone is 2. The maximum Gasteiger partial charge on any atom is 0.181 e. The number of ether oxygens (including phenoxy) is 1. The quantitative estimate of drug-likeness (QED) is 0.140. The minimum atomic E-state index is -0.0441. The van der Waals surface area contributed by atoms with Crippen molar-refractivity contribution in [2.24, 2.45) is 11.8 Å². The Kier molecular flexibility index (Phi) is 12.9. The fourth-order valence-electron chi connectivity index (χ4n) is 5.98. The molecule has 5 heteroatoms. The van der Waals surface area contributed by atoms with Gasteiger partial charge in [0.25, 0.3) is 0 Å². The van der Waals surface area contributed by atoms with E-state index in [-0.39, 0.29) is 5.92 Å². The summed E-state index contributed by atoms with van der Waals surface area (Å²) in [6.45, 7) is 17.8. The van der Waals surface area contributed by atoms with E-state index in [9.17, 15) is 0 Å². The Morgan fingerprint density at radius 3 is 1.45 bits per heavy atom. The monoisotopic (exact) mass is 674 g/mol. The first-order valence-electron chi connectivity index (χ1n) is 17.7. The fourth-order valence-corrected chi connectivity index (χ4v) is 5.98. The highest BCUT2D eigenvalue weighted by molar-refractivity contribution is 6.12. The number of anilines is 2. The molecule has 0 radical (unpaired) electrons. The molecule has 0 spiro atoms. The van der Waals surface area contributed by atoms with Crippen molar-refractivity contribution in [1.29, 1.82) is 10.5 Å². The molecule has 7 rings (SSSR count). The van der Waals surface area contributed by atoms with E-state index in [1.807, 2.05) is 12.1 Å². The molecule has 51 heavy (non-hydrogen) atoms. The number of nitriles is 2. The molecule has 4 N–H and O–H groups in total. The summed E-state index contributed by atoms with van der Waals surface area (Å²) in [5.41, 5.74) is 18.8. The van der Waals surface area contributed by atoms with Crippen LogP contribution in [0.2, 0.25) is 0 Å². The number of hydrogen-bond donors (Lipinski definition) is 2. The normalized spacial score (nSPS) is 13.4. The average molecular weight is 675 g/mol. The first-order chi connectivity index (χ1) is 24.5. The molecule has 0 aliphatic heterocycles. The van der Waals surface area contributed by atoms with Crippen LogP contribution in [0.1, 0.15) is 71.4 Å². The number of hydrogen-bond acceptors (Lipinski definition) is 5. The van der Waals surface area contributed by atoms with Crippen molar-refractivity contribution < 1.29 is 4.74 Å². The van der Waals surface area contributed by atoms with E-state index in [4.69, 9.17) is 26.7 Å². The van der Waals surface area contributed by atoms with Crippen LogP contribution in [0.25, 0.3) is 48.7 Å². The predicted molar refractivity (Wildman–Crippen MR) is 219 cm³/mol. The molecule has 0 saturated heterocycles. The van der Waals surface area contributed by atoms with Crippen LogP contribution in [0, 0.1) is 34.5 Å². The standard InChI is InChI=1S/C34H26N2O.2C5H12.C2N2/c1-19-32(24-11-13-30(35)28-17-22-9-5-3-7-20(22)15-26(24)28)34(37-2)33(19)25-12-14-31(36)29-18-23-10-6-4-8-21(23)16-27(25)29;2*1-4-5(2)3;3-1-2-4/h3-18,32H,1,35-36H2,2H3;2*5H,4H2,1-3H3;. The minimum absolute atomic E-state index is 0.0441. The van der Waals surface area contributed by atoms with Gasteiger partial charge in [-0.15, -0.1) is 0 Å². The number of nitrogens with zero attached hydrogens (tertiary/aromatic N) is 2. The molecule has 0 fully saturated rings. The molecule has 6 aromatic carbocycles. The fraction of sp³-hybridized carbons (Fsp3) is 0.261. The highest BCUT2D eigenvalue weighted by atomic mass is 16.5. The summed E-state index contributed by atoms with van der Waals surface area (Å²) in [6.07, 6.45) is 2.61. The average Bonchev–Trinajstić information content (AvgIpc) is 3.15. The Morgan fingerprint density at radius 2 is 1.04 bits per heavy atom.